The van der Waals surface area contributed by atoms with E-state index >= 15 is 0 Å². The Labute approximate surface area is 157 Å². The van der Waals surface area contributed by atoms with E-state index in [9.17, 15) is 30.0 Å². The van der Waals surface area contributed by atoms with Crippen LogP contribution in [0.15, 0.2) is 42.5 Å². The van der Waals surface area contributed by atoms with Crippen molar-refractivity contribution in [3.8, 4) is 0 Å². The first-order chi connectivity index (χ1) is 10.6. The molecule has 0 aliphatic heterocycles. The summed E-state index contributed by atoms with van der Waals surface area (Å²) in [7, 11) is -10.7. The van der Waals surface area contributed by atoms with Crippen molar-refractivity contribution in [1.82, 2.24) is 0 Å². The molecule has 1 aromatic carbocycles. The Morgan fingerprint density at radius 3 is 1.80 bits per heavy atom. The van der Waals surface area contributed by atoms with E-state index in [4.69, 9.17) is 11.6 Å². The summed E-state index contributed by atoms with van der Waals surface area (Å²) in [5.41, 5.74) is 0.853. The van der Waals surface area contributed by atoms with E-state index in [0.717, 1.165) is 5.56 Å². The average Bonchev–Trinajstić information content (AvgIpc) is 2.93. The molecule has 0 aromatic heterocycles. The van der Waals surface area contributed by atoms with Crippen LogP contribution < -0.4 is 0 Å². The van der Waals surface area contributed by atoms with Gasteiger partial charge in [0.1, 0.15) is 5.78 Å². The molecule has 10 heteroatoms. The number of carbonyl (C=O) groups excluding carboxylic acids is 1. The molecular formula is C15H15ClF6FeOP. The molecule has 0 saturated heterocycles. The maximum Gasteiger partial charge on any atom is 2.00 e. The first kappa shape index (κ1) is 26.4. The summed E-state index contributed by atoms with van der Waals surface area (Å²) in [6, 6.07) is 8.14. The fraction of sp³-hybridized carbons (Fsp3) is 0.200. The van der Waals surface area contributed by atoms with E-state index in [-0.39, 0.29) is 28.8 Å². The minimum Gasteiger partial charge on any atom is -0.0767 e. The number of carbonyl (C=O) groups is 1. The van der Waals surface area contributed by atoms with Crippen molar-refractivity contribution in [2.24, 2.45) is 0 Å². The number of benzene rings is 1. The molecule has 1 radical (unpaired) electrons. The molecule has 0 saturated carbocycles. The molecule has 0 N–H and O–H groups in total. The van der Waals surface area contributed by atoms with E-state index in [1.54, 1.807) is 25.1 Å². The number of halogens is 7. The fourth-order valence-corrected chi connectivity index (χ4v) is 1.58. The van der Waals surface area contributed by atoms with Gasteiger partial charge in [0, 0.05) is 6.42 Å². The molecule has 1 unspecified atom stereocenters. The third-order valence-corrected chi connectivity index (χ3v) is 2.82. The predicted molar refractivity (Wildman–Crippen MR) is 85.5 cm³/mol. The first-order valence-corrected chi connectivity index (χ1v) is 8.87. The van der Waals surface area contributed by atoms with Crippen LogP contribution in [0.4, 0.5) is 25.2 Å². The molecule has 1 aliphatic rings. The molecule has 143 valence electrons. The van der Waals surface area contributed by atoms with Crippen LogP contribution >= 0.6 is 19.4 Å². The van der Waals surface area contributed by atoms with Gasteiger partial charge < -0.3 is 4.79 Å². The van der Waals surface area contributed by atoms with Gasteiger partial charge in [0.2, 0.25) is 0 Å². The van der Waals surface area contributed by atoms with Gasteiger partial charge in [-0.25, -0.2) is 0 Å². The van der Waals surface area contributed by atoms with Gasteiger partial charge in [-0.2, -0.15) is 24.3 Å². The SMILES string of the molecule is CC(=O)C(C)c1c[c-]ccc1Cl.F[P-](F)(F)(F)(F)F.[CH]1C=CC=C1.[Fe+2]. The Balaban J connectivity index is 0. The number of hydrogen-bond acceptors (Lipinski definition) is 1. The first-order valence-electron chi connectivity index (χ1n) is 6.47. The summed E-state index contributed by atoms with van der Waals surface area (Å²) in [6.45, 7) is 3.41. The number of rotatable bonds is 2. The van der Waals surface area contributed by atoms with Gasteiger partial charge in [-0.05, 0) is 12.8 Å². The van der Waals surface area contributed by atoms with Crippen LogP contribution in [0, 0.1) is 12.5 Å². The summed E-state index contributed by atoms with van der Waals surface area (Å²) in [5, 5.41) is 0.636. The van der Waals surface area contributed by atoms with Crippen LogP contribution in [0.5, 0.6) is 0 Å². The molecule has 2 rings (SSSR count). The zero-order chi connectivity index (χ0) is 19.1. The van der Waals surface area contributed by atoms with Crippen molar-refractivity contribution in [2.45, 2.75) is 19.8 Å². The average molecular weight is 448 g/mol. The normalized spacial score (nSPS) is 16.0. The standard InChI is InChI=1S/C10H10ClO.C5H5.F6P.Fe/c1-7(8(2)12)9-5-3-4-6-10(9)11;1-2-4-5-3-1;1-7(2,3,4,5)6;/h4-7H,1-2H3;1-5H;;/q-1;;-1;+2. The zero-order valence-corrected chi connectivity index (χ0v) is 15.8. The molecule has 1 atom stereocenters. The molecule has 1 aliphatic carbocycles. The van der Waals surface area contributed by atoms with Crippen molar-refractivity contribution in [3.63, 3.8) is 0 Å². The van der Waals surface area contributed by atoms with Crippen molar-refractivity contribution in [2.75, 3.05) is 0 Å². The van der Waals surface area contributed by atoms with E-state index in [0.29, 0.717) is 5.02 Å². The van der Waals surface area contributed by atoms with Gasteiger partial charge >= 0.3 is 50.1 Å². The number of hydrogen-bond donors (Lipinski definition) is 0. The summed E-state index contributed by atoms with van der Waals surface area (Å²) < 4.78 is 59.2. The molecule has 0 fully saturated rings. The molecule has 0 heterocycles. The van der Waals surface area contributed by atoms with Crippen molar-refractivity contribution < 1.29 is 47.0 Å². The molecule has 0 spiro atoms. The Kier molecular flexibility index (Phi) is 9.74. The second-order valence-corrected chi connectivity index (χ2v) is 7.02. The van der Waals surface area contributed by atoms with Crippen molar-refractivity contribution in [1.29, 1.82) is 0 Å². The second kappa shape index (κ2) is 9.22. The van der Waals surface area contributed by atoms with Gasteiger partial charge in [-0.1, -0.05) is 36.3 Å². The van der Waals surface area contributed by atoms with Crippen LogP contribution in [-0.4, -0.2) is 5.78 Å². The van der Waals surface area contributed by atoms with Crippen LogP contribution in [0.1, 0.15) is 25.3 Å². The second-order valence-electron chi connectivity index (χ2n) is 4.70. The molecule has 25 heavy (non-hydrogen) atoms. The van der Waals surface area contributed by atoms with E-state index in [1.165, 1.54) is 0 Å². The van der Waals surface area contributed by atoms with Crippen LogP contribution in [0.25, 0.3) is 0 Å². The van der Waals surface area contributed by atoms with Gasteiger partial charge in [0.15, 0.2) is 0 Å². The Hall–Kier alpha value is -0.811. The summed E-state index contributed by atoms with van der Waals surface area (Å²) in [6.07, 6.45) is 10.0. The summed E-state index contributed by atoms with van der Waals surface area (Å²) in [4.78, 5) is 11.0. The Bertz CT molecular complexity index is 607. The molecule has 0 bridgehead atoms. The maximum absolute atomic E-state index is 11.0. The maximum atomic E-state index is 11.0. The largest absolute Gasteiger partial charge is 2.00 e. The van der Waals surface area contributed by atoms with Gasteiger partial charge in [-0.15, -0.1) is 17.2 Å². The Morgan fingerprint density at radius 2 is 1.52 bits per heavy atom. The summed E-state index contributed by atoms with van der Waals surface area (Å²) in [5.74, 6) is -0.00792. The molecule has 1 aromatic rings. The van der Waals surface area contributed by atoms with Crippen molar-refractivity contribution >= 4 is 25.2 Å². The quantitative estimate of drug-likeness (QED) is 0.198. The van der Waals surface area contributed by atoms with Crippen LogP contribution in [-0.2, 0) is 21.9 Å². The molecule has 1 nitrogen and oxygen atoms in total. The molecular weight excluding hydrogens is 432 g/mol. The number of allylic oxidation sites excluding steroid dienone is 4. The van der Waals surface area contributed by atoms with Gasteiger partial charge in [-0.3, -0.25) is 0 Å². The monoisotopic (exact) mass is 447 g/mol. The molecule has 0 amide bonds. The summed E-state index contributed by atoms with van der Waals surface area (Å²) >= 11 is 5.89. The number of Topliss-reactive ketones (excluding diaryl/α,β-unsaturated/α-hetero) is 1. The third-order valence-electron chi connectivity index (χ3n) is 2.47. The van der Waals surface area contributed by atoms with Gasteiger partial charge in [0.25, 0.3) is 0 Å². The predicted octanol–water partition coefficient (Wildman–Crippen LogP) is 7.53. The Morgan fingerprint density at radius 1 is 1.08 bits per heavy atom. The van der Waals surface area contributed by atoms with Crippen molar-refractivity contribution in [3.05, 3.63) is 65.6 Å². The topological polar surface area (TPSA) is 17.1 Å². The van der Waals surface area contributed by atoms with Gasteiger partial charge in [0.05, 0.1) is 0 Å². The van der Waals surface area contributed by atoms with Crippen LogP contribution in [0.3, 0.4) is 0 Å². The van der Waals surface area contributed by atoms with E-state index in [1.807, 2.05) is 37.6 Å². The minimum atomic E-state index is -10.7. The third kappa shape index (κ3) is 19.4. The van der Waals surface area contributed by atoms with Crippen LogP contribution in [0.2, 0.25) is 5.02 Å². The zero-order valence-electron chi connectivity index (χ0n) is 13.1. The number of ketones is 1. The van der Waals surface area contributed by atoms with E-state index < -0.39 is 7.81 Å². The smallest absolute Gasteiger partial charge is 0.0767 e. The minimum absolute atomic E-state index is 0. The fourth-order valence-electron chi connectivity index (χ4n) is 1.30. The van der Waals surface area contributed by atoms with E-state index in [2.05, 4.69) is 6.07 Å².